The predicted molar refractivity (Wildman–Crippen MR) is 111 cm³/mol. The van der Waals surface area contributed by atoms with Crippen molar-refractivity contribution in [2.45, 2.75) is 39.3 Å². The van der Waals surface area contributed by atoms with Gasteiger partial charge in [0.25, 0.3) is 0 Å². The van der Waals surface area contributed by atoms with Crippen LogP contribution >= 0.6 is 0 Å². The van der Waals surface area contributed by atoms with E-state index in [0.29, 0.717) is 12.6 Å². The van der Waals surface area contributed by atoms with Crippen LogP contribution < -0.4 is 9.80 Å². The molecule has 2 aromatic rings. The summed E-state index contributed by atoms with van der Waals surface area (Å²) in [7, 11) is 0. The van der Waals surface area contributed by atoms with Crippen molar-refractivity contribution in [3.8, 4) is 0 Å². The summed E-state index contributed by atoms with van der Waals surface area (Å²) in [5, 5.41) is 0. The first-order chi connectivity index (χ1) is 13.6. The molecule has 2 aliphatic rings. The van der Waals surface area contributed by atoms with Crippen LogP contribution in [0.15, 0.2) is 36.4 Å². The van der Waals surface area contributed by atoms with E-state index in [1.54, 1.807) is 0 Å². The van der Waals surface area contributed by atoms with Crippen LogP contribution in [0.2, 0.25) is 0 Å². The maximum absolute atomic E-state index is 13.0. The first-order valence-corrected chi connectivity index (χ1v) is 10.6. The highest BCUT2D eigenvalue weighted by molar-refractivity contribution is 5.98. The largest absolute Gasteiger partial charge is 0.376 e. The summed E-state index contributed by atoms with van der Waals surface area (Å²) in [5.74, 6) is 0.273. The van der Waals surface area contributed by atoms with E-state index in [0.717, 1.165) is 63.4 Å². The Balaban J connectivity index is 1.35. The maximum Gasteiger partial charge on any atom is 0.218 e. The lowest BCUT2D eigenvalue weighted by Crippen LogP contribution is -3.15. The number of ether oxygens (including phenoxy) is 1. The number of carbonyl (C=O) groups excluding carboxylic acids is 1. The number of hydrogen-bond acceptors (Lipinski definition) is 3. The fourth-order valence-corrected chi connectivity index (χ4v) is 4.58. The Morgan fingerprint density at radius 2 is 1.93 bits per heavy atom. The molecule has 0 saturated carbocycles. The number of aromatic nitrogens is 1. The van der Waals surface area contributed by atoms with Crippen molar-refractivity contribution >= 4 is 11.5 Å². The molecular weight excluding hydrogens is 350 g/mol. The summed E-state index contributed by atoms with van der Waals surface area (Å²) >= 11 is 0. The first kappa shape index (κ1) is 19.2. The minimum absolute atomic E-state index is 0.273. The third-order valence-electron chi connectivity index (χ3n) is 6.29. The van der Waals surface area contributed by atoms with Crippen molar-refractivity contribution in [3.05, 3.63) is 53.3 Å². The summed E-state index contributed by atoms with van der Waals surface area (Å²) in [6.07, 6.45) is 2.56. The summed E-state index contributed by atoms with van der Waals surface area (Å²) in [6.45, 7) is 10.5. The fraction of sp³-hybridized carbons (Fsp3) is 0.522. The molecule has 1 aromatic carbocycles. The summed E-state index contributed by atoms with van der Waals surface area (Å²) < 4.78 is 8.06. The van der Waals surface area contributed by atoms with Gasteiger partial charge in [-0.15, -0.1) is 0 Å². The zero-order valence-electron chi connectivity index (χ0n) is 17.1. The minimum atomic E-state index is 0.273. The number of rotatable bonds is 6. The Labute approximate surface area is 167 Å². The Morgan fingerprint density at radius 3 is 2.61 bits per heavy atom. The lowest BCUT2D eigenvalue weighted by atomic mass is 10.1. The van der Waals surface area contributed by atoms with Gasteiger partial charge in [-0.3, -0.25) is 4.79 Å². The van der Waals surface area contributed by atoms with Gasteiger partial charge in [0.2, 0.25) is 5.78 Å². The number of carbonyl (C=O) groups is 1. The number of nitrogens with one attached hydrogen (secondary N) is 1. The number of anilines is 1. The quantitative estimate of drug-likeness (QED) is 0.776. The maximum atomic E-state index is 13.0. The number of ketones is 1. The van der Waals surface area contributed by atoms with Crippen molar-refractivity contribution in [2.24, 2.45) is 0 Å². The summed E-state index contributed by atoms with van der Waals surface area (Å²) in [5.41, 5.74) is 4.44. The summed E-state index contributed by atoms with van der Waals surface area (Å²) in [6, 6.07) is 12.6. The molecule has 2 saturated heterocycles. The molecule has 0 amide bonds. The molecule has 3 heterocycles. The molecule has 28 heavy (non-hydrogen) atoms. The number of piperazine rings is 1. The van der Waals surface area contributed by atoms with E-state index >= 15 is 0 Å². The molecule has 0 spiro atoms. The van der Waals surface area contributed by atoms with E-state index in [9.17, 15) is 4.79 Å². The highest BCUT2D eigenvalue weighted by Crippen LogP contribution is 2.20. The van der Waals surface area contributed by atoms with Crippen molar-refractivity contribution in [1.29, 1.82) is 0 Å². The van der Waals surface area contributed by atoms with Gasteiger partial charge in [0.1, 0.15) is 6.54 Å². The van der Waals surface area contributed by atoms with Gasteiger partial charge in [0, 0.05) is 35.8 Å². The average molecular weight is 383 g/mol. The number of quaternary nitrogens is 1. The number of aryl methyl sites for hydroxylation is 1. The SMILES string of the molecule is Cc1cc(C(=O)C[NH+]2CCN(c3ccccc3)CC2)c(C)n1C[C@@H]1CCCO1. The lowest BCUT2D eigenvalue weighted by Gasteiger charge is -2.33. The third-order valence-corrected chi connectivity index (χ3v) is 6.29. The second kappa shape index (κ2) is 8.50. The van der Waals surface area contributed by atoms with Gasteiger partial charge in [0.05, 0.1) is 32.3 Å². The van der Waals surface area contributed by atoms with Crippen LogP contribution in [-0.4, -0.2) is 55.8 Å². The molecule has 2 aliphatic heterocycles. The number of para-hydroxylation sites is 1. The first-order valence-electron chi connectivity index (χ1n) is 10.6. The van der Waals surface area contributed by atoms with Gasteiger partial charge in [-0.1, -0.05) is 18.2 Å². The van der Waals surface area contributed by atoms with Gasteiger partial charge in [-0.25, -0.2) is 0 Å². The van der Waals surface area contributed by atoms with Crippen LogP contribution in [0.25, 0.3) is 0 Å². The molecular formula is C23H32N3O2+. The predicted octanol–water partition coefficient (Wildman–Crippen LogP) is 1.87. The van der Waals surface area contributed by atoms with Crippen molar-refractivity contribution in [3.63, 3.8) is 0 Å². The Bertz CT molecular complexity index is 801. The van der Waals surface area contributed by atoms with Crippen LogP contribution in [0.5, 0.6) is 0 Å². The van der Waals surface area contributed by atoms with Crippen molar-refractivity contribution in [2.75, 3.05) is 44.2 Å². The molecule has 1 atom stereocenters. The molecule has 2 fully saturated rings. The number of benzene rings is 1. The number of hydrogen-bond donors (Lipinski definition) is 1. The van der Waals surface area contributed by atoms with Crippen LogP contribution in [0.3, 0.4) is 0 Å². The standard InChI is InChI=1S/C23H31N3O2/c1-18-15-22(19(2)26(18)16-21-9-6-14-28-21)23(27)17-24-10-12-25(13-11-24)20-7-4-3-5-8-20/h3-5,7-8,15,21H,6,9-14,16-17H2,1-2H3/p+1/t21-/m0/s1. The fourth-order valence-electron chi connectivity index (χ4n) is 4.58. The van der Waals surface area contributed by atoms with E-state index in [-0.39, 0.29) is 5.78 Å². The van der Waals surface area contributed by atoms with E-state index in [4.69, 9.17) is 4.74 Å². The zero-order valence-corrected chi connectivity index (χ0v) is 17.1. The second-order valence-electron chi connectivity index (χ2n) is 8.20. The van der Waals surface area contributed by atoms with Crippen LogP contribution in [0.4, 0.5) is 5.69 Å². The number of Topliss-reactive ketones (excluding diaryl/α,β-unsaturated/α-hetero) is 1. The molecule has 4 rings (SSSR count). The molecule has 0 aliphatic carbocycles. The normalized spacial score (nSPS) is 20.6. The number of nitrogens with zero attached hydrogens (tertiary/aromatic N) is 2. The molecule has 0 bridgehead atoms. The molecule has 1 aromatic heterocycles. The van der Waals surface area contributed by atoms with E-state index in [2.05, 4.69) is 59.7 Å². The van der Waals surface area contributed by atoms with Crippen molar-refractivity contribution < 1.29 is 14.4 Å². The smallest absolute Gasteiger partial charge is 0.218 e. The van der Waals surface area contributed by atoms with Crippen LogP contribution in [0.1, 0.15) is 34.6 Å². The Kier molecular flexibility index (Phi) is 5.83. The minimum Gasteiger partial charge on any atom is -0.376 e. The highest BCUT2D eigenvalue weighted by Gasteiger charge is 2.26. The zero-order chi connectivity index (χ0) is 19.5. The Morgan fingerprint density at radius 1 is 1.18 bits per heavy atom. The molecule has 150 valence electrons. The topological polar surface area (TPSA) is 38.9 Å². The van der Waals surface area contributed by atoms with Gasteiger partial charge in [0.15, 0.2) is 0 Å². The lowest BCUT2D eigenvalue weighted by molar-refractivity contribution is -0.892. The summed E-state index contributed by atoms with van der Waals surface area (Å²) in [4.78, 5) is 16.8. The van der Waals surface area contributed by atoms with Crippen molar-refractivity contribution in [1.82, 2.24) is 4.57 Å². The van der Waals surface area contributed by atoms with Gasteiger partial charge >= 0.3 is 0 Å². The van der Waals surface area contributed by atoms with E-state index in [1.807, 2.05) is 0 Å². The van der Waals surface area contributed by atoms with E-state index in [1.165, 1.54) is 16.3 Å². The molecule has 5 heteroatoms. The van der Waals surface area contributed by atoms with Gasteiger partial charge < -0.3 is 19.1 Å². The third kappa shape index (κ3) is 4.15. The molecule has 1 N–H and O–H groups in total. The van der Waals surface area contributed by atoms with Crippen LogP contribution in [-0.2, 0) is 11.3 Å². The molecule has 0 radical (unpaired) electrons. The molecule has 0 unspecified atom stereocenters. The van der Waals surface area contributed by atoms with Gasteiger partial charge in [-0.05, 0) is 44.9 Å². The molecule has 5 nitrogen and oxygen atoms in total. The van der Waals surface area contributed by atoms with Gasteiger partial charge in [-0.2, -0.15) is 0 Å². The Hall–Kier alpha value is -2.11. The highest BCUT2D eigenvalue weighted by atomic mass is 16.5. The monoisotopic (exact) mass is 382 g/mol. The second-order valence-corrected chi connectivity index (χ2v) is 8.20. The van der Waals surface area contributed by atoms with E-state index < -0.39 is 0 Å². The average Bonchev–Trinajstić information content (AvgIpc) is 3.33. The van der Waals surface area contributed by atoms with Crippen LogP contribution in [0, 0.1) is 13.8 Å².